The maximum atomic E-state index is 5.94. The Labute approximate surface area is 137 Å². The van der Waals surface area contributed by atoms with Gasteiger partial charge in [-0.05, 0) is 0 Å². The molecular formula is C6H3Cl8N3. The van der Waals surface area contributed by atoms with Crippen molar-refractivity contribution in [2.45, 2.75) is 11.9 Å². The fourth-order valence-electron chi connectivity index (χ4n) is 1.02. The van der Waals surface area contributed by atoms with Crippen molar-refractivity contribution in [3.63, 3.8) is 0 Å². The van der Waals surface area contributed by atoms with Gasteiger partial charge in [0.05, 0.1) is 0 Å². The Kier molecular flexibility index (Phi) is 4.95. The van der Waals surface area contributed by atoms with Gasteiger partial charge in [0.15, 0.2) is 0 Å². The van der Waals surface area contributed by atoms with Crippen LogP contribution in [0.5, 0.6) is 0 Å². The Morgan fingerprint density at radius 2 is 1.41 bits per heavy atom. The van der Waals surface area contributed by atoms with Gasteiger partial charge < -0.3 is 0 Å². The van der Waals surface area contributed by atoms with Crippen molar-refractivity contribution in [1.82, 2.24) is 15.0 Å². The summed E-state index contributed by atoms with van der Waals surface area (Å²) in [4.78, 5) is 0. The van der Waals surface area contributed by atoms with E-state index in [1.807, 2.05) is 0 Å². The number of hydrogen-bond donors (Lipinski definition) is 0. The summed E-state index contributed by atoms with van der Waals surface area (Å²) in [6.45, 7) is 0. The van der Waals surface area contributed by atoms with E-state index in [4.69, 9.17) is 92.8 Å². The molecule has 0 aliphatic heterocycles. The second kappa shape index (κ2) is 5.10. The zero-order chi connectivity index (χ0) is 13.6. The van der Waals surface area contributed by atoms with Crippen LogP contribution in [0, 0.1) is 0 Å². The number of alkyl halides is 8. The van der Waals surface area contributed by atoms with Gasteiger partial charge in [-0.1, -0.05) is 98.0 Å². The van der Waals surface area contributed by atoms with Crippen molar-refractivity contribution in [3.05, 3.63) is 11.4 Å². The van der Waals surface area contributed by atoms with Crippen LogP contribution in [-0.4, -0.2) is 18.8 Å². The second-order valence-corrected chi connectivity index (χ2v) is 8.87. The summed E-state index contributed by atoms with van der Waals surface area (Å²) in [5.41, 5.74) is -0.123. The lowest BCUT2D eigenvalue weighted by Crippen LogP contribution is -2.31. The van der Waals surface area contributed by atoms with Crippen LogP contribution in [0.1, 0.15) is 11.4 Å². The Bertz CT molecular complexity index is 414. The first kappa shape index (κ1) is 16.5. The van der Waals surface area contributed by atoms with Gasteiger partial charge in [0.2, 0.25) is 11.9 Å². The molecule has 0 unspecified atom stereocenters. The predicted molar refractivity (Wildman–Crippen MR) is 73.9 cm³/mol. The lowest BCUT2D eigenvalue weighted by molar-refractivity contribution is 0.684. The molecule has 1 aromatic rings. The molecule has 0 saturated carbocycles. The van der Waals surface area contributed by atoms with E-state index in [0.717, 1.165) is 0 Å². The highest BCUT2D eigenvalue weighted by Gasteiger charge is 2.53. The van der Waals surface area contributed by atoms with Crippen molar-refractivity contribution in [2.75, 3.05) is 0 Å². The minimum absolute atomic E-state index is 0.0128. The highest BCUT2D eigenvalue weighted by molar-refractivity contribution is 6.75. The normalized spacial score (nSPS) is 14.2. The van der Waals surface area contributed by atoms with Gasteiger partial charge >= 0.3 is 0 Å². The average Bonchev–Trinajstić information content (AvgIpc) is 2.44. The van der Waals surface area contributed by atoms with Gasteiger partial charge in [0.25, 0.3) is 0 Å². The minimum Gasteiger partial charge on any atom is -0.248 e. The highest BCUT2D eigenvalue weighted by Crippen LogP contribution is 2.55. The van der Waals surface area contributed by atoms with E-state index < -0.39 is 11.9 Å². The first-order chi connectivity index (χ1) is 7.39. The summed E-state index contributed by atoms with van der Waals surface area (Å²) >= 11 is 46.1. The summed E-state index contributed by atoms with van der Waals surface area (Å²) < 4.78 is -4.77. The Morgan fingerprint density at radius 1 is 0.941 bits per heavy atom. The average molecular weight is 401 g/mol. The van der Waals surface area contributed by atoms with E-state index in [2.05, 4.69) is 10.3 Å². The van der Waals surface area contributed by atoms with Crippen LogP contribution < -0.4 is 0 Å². The van der Waals surface area contributed by atoms with Gasteiger partial charge in [-0.3, -0.25) is 0 Å². The number of nitrogens with zero attached hydrogens (tertiary/aromatic N) is 3. The van der Waals surface area contributed by atoms with Crippen LogP contribution in [0.2, 0.25) is 0 Å². The van der Waals surface area contributed by atoms with Crippen LogP contribution >= 0.6 is 92.8 Å². The second-order valence-electron chi connectivity index (χ2n) is 2.98. The molecule has 0 aliphatic carbocycles. The van der Waals surface area contributed by atoms with Crippen molar-refractivity contribution >= 4 is 92.8 Å². The van der Waals surface area contributed by atoms with Crippen LogP contribution in [0.3, 0.4) is 0 Å². The molecule has 0 fully saturated rings. The molecule has 0 aromatic carbocycles. The fourth-order valence-corrected chi connectivity index (χ4v) is 2.18. The van der Waals surface area contributed by atoms with Crippen molar-refractivity contribution in [1.29, 1.82) is 0 Å². The summed E-state index contributed by atoms with van der Waals surface area (Å²) in [5.74, 6) is 0. The van der Waals surface area contributed by atoms with E-state index >= 15 is 0 Å². The standard InChI is InChI=1S/C6H3Cl8N3/c1-17-3(5(9,10)11)2(15-16-17)4(7,8)6(12,13)14/h1H3. The monoisotopic (exact) mass is 397 g/mol. The van der Waals surface area contributed by atoms with E-state index in [1.54, 1.807) is 0 Å². The number of aromatic nitrogens is 3. The quantitative estimate of drug-likeness (QED) is 0.643. The van der Waals surface area contributed by atoms with Crippen LogP contribution in [0.4, 0.5) is 0 Å². The first-order valence-corrected chi connectivity index (χ1v) is 6.83. The maximum Gasteiger partial charge on any atom is 0.234 e. The lowest BCUT2D eigenvalue weighted by Gasteiger charge is -2.27. The SMILES string of the molecule is Cn1nnc(C(Cl)(Cl)C(Cl)(Cl)Cl)c1C(Cl)(Cl)Cl. The van der Waals surface area contributed by atoms with Gasteiger partial charge in [-0.25, -0.2) is 4.68 Å². The molecular weight excluding hydrogens is 398 g/mol. The Balaban J connectivity index is 3.45. The Hall–Kier alpha value is 1.46. The summed E-state index contributed by atoms with van der Waals surface area (Å²) in [5, 5.41) is 7.29. The molecule has 1 heterocycles. The molecule has 98 valence electrons. The predicted octanol–water partition coefficient (Wildman–Crippen LogP) is 4.64. The molecule has 3 nitrogen and oxygen atoms in total. The first-order valence-electron chi connectivity index (χ1n) is 3.81. The molecule has 0 N–H and O–H groups in total. The van der Waals surface area contributed by atoms with Crippen LogP contribution in [0.25, 0.3) is 0 Å². The molecule has 1 aromatic heterocycles. The fraction of sp³-hybridized carbons (Fsp3) is 0.667. The van der Waals surface area contributed by atoms with Gasteiger partial charge in [-0.2, -0.15) is 0 Å². The van der Waals surface area contributed by atoms with Gasteiger partial charge in [0.1, 0.15) is 11.4 Å². The number of hydrogen-bond acceptors (Lipinski definition) is 2. The molecule has 0 radical (unpaired) electrons. The smallest absolute Gasteiger partial charge is 0.234 e. The van der Waals surface area contributed by atoms with Crippen LogP contribution in [-0.2, 0) is 15.2 Å². The van der Waals surface area contributed by atoms with Gasteiger partial charge in [0, 0.05) is 7.05 Å². The molecule has 11 heteroatoms. The summed E-state index contributed by atoms with van der Waals surface area (Å²) in [6.07, 6.45) is 0. The molecule has 0 aliphatic rings. The Morgan fingerprint density at radius 3 is 1.76 bits per heavy atom. The van der Waals surface area contributed by atoms with Crippen molar-refractivity contribution in [3.8, 4) is 0 Å². The maximum absolute atomic E-state index is 5.94. The van der Waals surface area contributed by atoms with Crippen molar-refractivity contribution in [2.24, 2.45) is 7.05 Å². The molecule has 0 saturated heterocycles. The molecule has 0 amide bonds. The summed E-state index contributed by atoms with van der Waals surface area (Å²) in [6, 6.07) is 0. The molecule has 0 spiro atoms. The topological polar surface area (TPSA) is 30.7 Å². The van der Waals surface area contributed by atoms with Gasteiger partial charge in [-0.15, -0.1) is 5.10 Å². The van der Waals surface area contributed by atoms with Crippen molar-refractivity contribution < 1.29 is 0 Å². The zero-order valence-corrected chi connectivity index (χ0v) is 13.9. The minimum atomic E-state index is -2.07. The number of rotatable bonds is 1. The third-order valence-electron chi connectivity index (χ3n) is 1.75. The third-order valence-corrected chi connectivity index (χ3v) is 4.64. The molecule has 17 heavy (non-hydrogen) atoms. The lowest BCUT2D eigenvalue weighted by atomic mass is 10.2. The van der Waals surface area contributed by atoms with E-state index in [1.165, 1.54) is 11.7 Å². The number of halogens is 8. The van der Waals surface area contributed by atoms with E-state index in [9.17, 15) is 0 Å². The molecule has 0 atom stereocenters. The largest absolute Gasteiger partial charge is 0.248 e. The summed E-state index contributed by atoms with van der Waals surface area (Å²) in [7, 11) is 1.48. The molecule has 0 bridgehead atoms. The van der Waals surface area contributed by atoms with E-state index in [0.29, 0.717) is 0 Å². The van der Waals surface area contributed by atoms with E-state index in [-0.39, 0.29) is 11.4 Å². The molecule has 1 rings (SSSR count). The van der Waals surface area contributed by atoms with Crippen LogP contribution in [0.15, 0.2) is 0 Å². The number of aryl methyl sites for hydroxylation is 1. The zero-order valence-electron chi connectivity index (χ0n) is 7.87. The highest BCUT2D eigenvalue weighted by atomic mass is 35.6. The third kappa shape index (κ3) is 3.32.